The quantitative estimate of drug-likeness (QED) is 0.738. The zero-order valence-electron chi connectivity index (χ0n) is 15.3. The van der Waals surface area contributed by atoms with Gasteiger partial charge in [0.1, 0.15) is 11.5 Å². The number of ether oxygens (including phenoxy) is 2. The van der Waals surface area contributed by atoms with Gasteiger partial charge in [0.15, 0.2) is 0 Å². The van der Waals surface area contributed by atoms with Gasteiger partial charge >= 0.3 is 6.03 Å². The highest BCUT2D eigenvalue weighted by Crippen LogP contribution is 2.29. The predicted molar refractivity (Wildman–Crippen MR) is 101 cm³/mol. The maximum atomic E-state index is 12.2. The second-order valence-corrected chi connectivity index (χ2v) is 5.85. The Morgan fingerprint density at radius 1 is 0.923 bits per heavy atom. The molecule has 138 valence electrons. The maximum absolute atomic E-state index is 12.2. The van der Waals surface area contributed by atoms with E-state index in [4.69, 9.17) is 9.47 Å². The minimum absolute atomic E-state index is 0.0607. The van der Waals surface area contributed by atoms with Crippen LogP contribution in [0.15, 0.2) is 42.5 Å². The number of amides is 3. The molecule has 0 aliphatic heterocycles. The van der Waals surface area contributed by atoms with Crippen molar-refractivity contribution in [3.8, 4) is 11.5 Å². The number of carbonyl (C=O) groups excluding carboxylic acids is 2. The summed E-state index contributed by atoms with van der Waals surface area (Å²) in [4.78, 5) is 24.1. The van der Waals surface area contributed by atoms with Gasteiger partial charge in [-0.05, 0) is 50.2 Å². The third kappa shape index (κ3) is 5.14. The molecule has 0 unspecified atom stereocenters. The molecule has 2 rings (SSSR count). The fraction of sp³-hybridized carbons (Fsp3) is 0.263. The van der Waals surface area contributed by atoms with Crippen LogP contribution in [0.4, 0.5) is 16.2 Å². The second kappa shape index (κ2) is 8.75. The normalized spacial score (nSPS) is 10.2. The van der Waals surface area contributed by atoms with E-state index in [9.17, 15) is 9.59 Å². The Balaban J connectivity index is 2.01. The maximum Gasteiger partial charge on any atom is 0.323 e. The first kappa shape index (κ1) is 19.1. The Morgan fingerprint density at radius 3 is 2.19 bits per heavy atom. The summed E-state index contributed by atoms with van der Waals surface area (Å²) in [5, 5.41) is 8.23. The average molecular weight is 357 g/mol. The zero-order valence-corrected chi connectivity index (χ0v) is 15.3. The van der Waals surface area contributed by atoms with Gasteiger partial charge < -0.3 is 25.4 Å². The molecule has 7 nitrogen and oxygen atoms in total. The summed E-state index contributed by atoms with van der Waals surface area (Å²) in [5.41, 5.74) is 1.61. The van der Waals surface area contributed by atoms with Crippen LogP contribution >= 0.6 is 0 Å². The molecule has 7 heteroatoms. The van der Waals surface area contributed by atoms with Crippen LogP contribution in [-0.4, -0.2) is 32.2 Å². The number of urea groups is 1. The predicted octanol–water partition coefficient (Wildman–Crippen LogP) is 3.49. The number of methoxy groups -OCH3 is 2. The van der Waals surface area contributed by atoms with Gasteiger partial charge in [-0.1, -0.05) is 0 Å². The smallest absolute Gasteiger partial charge is 0.323 e. The monoisotopic (exact) mass is 357 g/mol. The van der Waals surface area contributed by atoms with Gasteiger partial charge in [-0.25, -0.2) is 4.79 Å². The summed E-state index contributed by atoms with van der Waals surface area (Å²) in [6, 6.07) is 11.4. The van der Waals surface area contributed by atoms with E-state index in [2.05, 4.69) is 16.0 Å². The van der Waals surface area contributed by atoms with Gasteiger partial charge in [-0.2, -0.15) is 0 Å². The number of anilines is 2. The molecule has 0 aliphatic rings. The van der Waals surface area contributed by atoms with E-state index < -0.39 is 6.03 Å². The number of benzene rings is 2. The third-order valence-electron chi connectivity index (χ3n) is 3.48. The Hall–Kier alpha value is -3.22. The van der Waals surface area contributed by atoms with E-state index >= 15 is 0 Å². The molecule has 0 fully saturated rings. The highest BCUT2D eigenvalue weighted by Gasteiger charge is 2.10. The lowest BCUT2D eigenvalue weighted by atomic mass is 10.2. The van der Waals surface area contributed by atoms with E-state index in [0.29, 0.717) is 28.4 Å². The molecule has 0 saturated carbocycles. The molecule has 3 N–H and O–H groups in total. The minimum atomic E-state index is -0.423. The summed E-state index contributed by atoms with van der Waals surface area (Å²) in [6.07, 6.45) is 0. The first-order valence-electron chi connectivity index (χ1n) is 8.14. The number of hydrogen-bond donors (Lipinski definition) is 3. The fourth-order valence-corrected chi connectivity index (χ4v) is 2.24. The van der Waals surface area contributed by atoms with E-state index in [-0.39, 0.29) is 11.9 Å². The Labute approximate surface area is 152 Å². The highest BCUT2D eigenvalue weighted by molar-refractivity contribution is 6.01. The molecule has 0 saturated heterocycles. The fourth-order valence-electron chi connectivity index (χ4n) is 2.24. The molecule has 0 atom stereocenters. The van der Waals surface area contributed by atoms with Gasteiger partial charge in [-0.3, -0.25) is 4.79 Å². The van der Waals surface area contributed by atoms with Crippen molar-refractivity contribution in [1.82, 2.24) is 5.32 Å². The molecular formula is C19H23N3O4. The molecule has 0 heterocycles. The standard InChI is InChI=1S/C19H23N3O4/c1-12(2)20-18(23)13-5-7-14(8-6-13)21-19(24)22-16-10-9-15(25-3)11-17(16)26-4/h5-12H,1-4H3,(H,20,23)(H2,21,22,24). The Bertz CT molecular complexity index is 773. The van der Waals surface area contributed by atoms with Gasteiger partial charge in [0.2, 0.25) is 0 Å². The van der Waals surface area contributed by atoms with E-state index in [0.717, 1.165) is 0 Å². The first-order chi connectivity index (χ1) is 12.4. The molecule has 0 aromatic heterocycles. The number of rotatable bonds is 6. The Morgan fingerprint density at radius 2 is 1.62 bits per heavy atom. The molecule has 0 bridgehead atoms. The highest BCUT2D eigenvalue weighted by atomic mass is 16.5. The number of nitrogens with one attached hydrogen (secondary N) is 3. The first-order valence-corrected chi connectivity index (χ1v) is 8.14. The third-order valence-corrected chi connectivity index (χ3v) is 3.48. The van der Waals surface area contributed by atoms with Gasteiger partial charge in [-0.15, -0.1) is 0 Å². The minimum Gasteiger partial charge on any atom is -0.497 e. The van der Waals surface area contributed by atoms with Crippen molar-refractivity contribution in [2.45, 2.75) is 19.9 Å². The zero-order chi connectivity index (χ0) is 19.1. The summed E-state index contributed by atoms with van der Waals surface area (Å²) in [7, 11) is 3.07. The number of hydrogen-bond acceptors (Lipinski definition) is 4. The molecule has 0 radical (unpaired) electrons. The van der Waals surface area contributed by atoms with Crippen LogP contribution in [0.25, 0.3) is 0 Å². The van der Waals surface area contributed by atoms with E-state index in [1.165, 1.54) is 7.11 Å². The largest absolute Gasteiger partial charge is 0.497 e. The topological polar surface area (TPSA) is 88.7 Å². The van der Waals surface area contributed by atoms with E-state index in [1.807, 2.05) is 13.8 Å². The van der Waals surface area contributed by atoms with Crippen molar-refractivity contribution < 1.29 is 19.1 Å². The molecule has 0 aliphatic carbocycles. The van der Waals surface area contributed by atoms with Crippen LogP contribution in [0.2, 0.25) is 0 Å². The molecule has 0 spiro atoms. The second-order valence-electron chi connectivity index (χ2n) is 5.85. The lowest BCUT2D eigenvalue weighted by molar-refractivity contribution is 0.0943. The van der Waals surface area contributed by atoms with Crippen LogP contribution < -0.4 is 25.4 Å². The lowest BCUT2D eigenvalue weighted by Gasteiger charge is -2.13. The van der Waals surface area contributed by atoms with Crippen LogP contribution in [-0.2, 0) is 0 Å². The van der Waals surface area contributed by atoms with Gasteiger partial charge in [0.25, 0.3) is 5.91 Å². The summed E-state index contributed by atoms with van der Waals surface area (Å²) < 4.78 is 10.4. The van der Waals surface area contributed by atoms with Crippen molar-refractivity contribution in [2.24, 2.45) is 0 Å². The summed E-state index contributed by atoms with van der Waals surface area (Å²) in [5.74, 6) is 0.960. The molecule has 3 amide bonds. The van der Waals surface area contributed by atoms with Crippen molar-refractivity contribution in [3.63, 3.8) is 0 Å². The van der Waals surface area contributed by atoms with Gasteiger partial charge in [0, 0.05) is 23.4 Å². The van der Waals surface area contributed by atoms with Crippen molar-refractivity contribution in [3.05, 3.63) is 48.0 Å². The summed E-state index contributed by atoms with van der Waals surface area (Å²) >= 11 is 0. The van der Waals surface area contributed by atoms with Crippen LogP contribution in [0.5, 0.6) is 11.5 Å². The van der Waals surface area contributed by atoms with Crippen molar-refractivity contribution in [2.75, 3.05) is 24.9 Å². The van der Waals surface area contributed by atoms with Crippen LogP contribution in [0.1, 0.15) is 24.2 Å². The Kier molecular flexibility index (Phi) is 6.43. The molecular weight excluding hydrogens is 334 g/mol. The molecule has 2 aromatic carbocycles. The van der Waals surface area contributed by atoms with Crippen LogP contribution in [0.3, 0.4) is 0 Å². The van der Waals surface area contributed by atoms with E-state index in [1.54, 1.807) is 49.6 Å². The van der Waals surface area contributed by atoms with Crippen molar-refractivity contribution in [1.29, 1.82) is 0 Å². The molecule has 2 aromatic rings. The molecule has 26 heavy (non-hydrogen) atoms. The summed E-state index contributed by atoms with van der Waals surface area (Å²) in [6.45, 7) is 3.79. The SMILES string of the molecule is COc1ccc(NC(=O)Nc2ccc(C(=O)NC(C)C)cc2)c(OC)c1. The lowest BCUT2D eigenvalue weighted by Crippen LogP contribution is -2.30. The van der Waals surface area contributed by atoms with Crippen molar-refractivity contribution >= 4 is 23.3 Å². The van der Waals surface area contributed by atoms with Crippen LogP contribution in [0, 0.1) is 0 Å². The average Bonchev–Trinajstić information content (AvgIpc) is 2.62. The van der Waals surface area contributed by atoms with Gasteiger partial charge in [0.05, 0.1) is 19.9 Å². The number of carbonyl (C=O) groups is 2.